The van der Waals surface area contributed by atoms with E-state index in [9.17, 15) is 4.79 Å². The topological polar surface area (TPSA) is 44.1 Å². The fourth-order valence-corrected chi connectivity index (χ4v) is 1.95. The number of hydrogen-bond acceptors (Lipinski definition) is 2. The highest BCUT2D eigenvalue weighted by molar-refractivity contribution is 5.95. The van der Waals surface area contributed by atoms with E-state index in [-0.39, 0.29) is 11.8 Å². The molecule has 0 bridgehead atoms. The maximum Gasteiger partial charge on any atom is 0.254 e. The first-order chi connectivity index (χ1) is 8.49. The number of benzene rings is 1. The molecule has 1 amide bonds. The second-order valence-electron chi connectivity index (χ2n) is 4.69. The number of carbonyl (C=O) groups is 1. The van der Waals surface area contributed by atoms with Crippen LogP contribution < -0.4 is 0 Å². The molecule has 1 aromatic carbocycles. The SMILES string of the molecule is CCN(CC(C)C#N)C(=O)c1ccc(C)cc1C. The fourth-order valence-electron chi connectivity index (χ4n) is 1.95. The van der Waals surface area contributed by atoms with Crippen LogP contribution in [0.4, 0.5) is 0 Å². The Kier molecular flexibility index (Phi) is 4.91. The molecule has 0 aliphatic carbocycles. The molecular formula is C15H20N2O. The Hall–Kier alpha value is -1.82. The molecule has 1 atom stereocenters. The molecule has 1 aromatic rings. The van der Waals surface area contributed by atoms with Crippen molar-refractivity contribution in [1.82, 2.24) is 4.90 Å². The highest BCUT2D eigenvalue weighted by atomic mass is 16.2. The van der Waals surface area contributed by atoms with Crippen molar-refractivity contribution in [3.63, 3.8) is 0 Å². The standard InChI is InChI=1S/C15H20N2O/c1-5-17(10-12(3)9-16)15(18)14-7-6-11(2)8-13(14)4/h6-8,12H,5,10H2,1-4H3. The number of nitriles is 1. The lowest BCUT2D eigenvalue weighted by Crippen LogP contribution is -2.34. The molecule has 0 saturated carbocycles. The van der Waals surface area contributed by atoms with E-state index in [0.29, 0.717) is 13.1 Å². The van der Waals surface area contributed by atoms with Gasteiger partial charge in [0.1, 0.15) is 0 Å². The molecule has 0 aliphatic heterocycles. The van der Waals surface area contributed by atoms with Gasteiger partial charge in [-0.1, -0.05) is 17.7 Å². The van der Waals surface area contributed by atoms with Gasteiger partial charge >= 0.3 is 0 Å². The molecule has 0 radical (unpaired) electrons. The summed E-state index contributed by atoms with van der Waals surface area (Å²) in [5, 5.41) is 8.83. The predicted octanol–water partition coefficient (Wildman–Crippen LogP) is 2.93. The average Bonchev–Trinajstić information content (AvgIpc) is 2.34. The lowest BCUT2D eigenvalue weighted by molar-refractivity contribution is 0.0752. The molecule has 0 spiro atoms. The molecule has 3 nitrogen and oxygen atoms in total. The van der Waals surface area contributed by atoms with Gasteiger partial charge in [-0.05, 0) is 39.3 Å². The Morgan fingerprint density at radius 1 is 1.44 bits per heavy atom. The smallest absolute Gasteiger partial charge is 0.254 e. The summed E-state index contributed by atoms with van der Waals surface area (Å²) in [6.07, 6.45) is 0. The molecule has 0 heterocycles. The zero-order valence-electron chi connectivity index (χ0n) is 11.5. The van der Waals surface area contributed by atoms with E-state index in [2.05, 4.69) is 6.07 Å². The van der Waals surface area contributed by atoms with Crippen molar-refractivity contribution in [3.05, 3.63) is 34.9 Å². The van der Waals surface area contributed by atoms with Crippen molar-refractivity contribution in [1.29, 1.82) is 5.26 Å². The van der Waals surface area contributed by atoms with Crippen LogP contribution in [-0.4, -0.2) is 23.9 Å². The zero-order chi connectivity index (χ0) is 13.7. The second kappa shape index (κ2) is 6.20. The van der Waals surface area contributed by atoms with Crippen LogP contribution in [0.15, 0.2) is 18.2 Å². The molecule has 0 N–H and O–H groups in total. The quantitative estimate of drug-likeness (QED) is 0.817. The lowest BCUT2D eigenvalue weighted by atomic mass is 10.0. The number of amides is 1. The highest BCUT2D eigenvalue weighted by Gasteiger charge is 2.18. The van der Waals surface area contributed by atoms with Gasteiger partial charge in [0.15, 0.2) is 0 Å². The van der Waals surface area contributed by atoms with E-state index in [0.717, 1.165) is 16.7 Å². The summed E-state index contributed by atoms with van der Waals surface area (Å²) in [5.74, 6) is -0.128. The monoisotopic (exact) mass is 244 g/mol. The van der Waals surface area contributed by atoms with Gasteiger partial charge in [-0.3, -0.25) is 4.79 Å². The minimum Gasteiger partial charge on any atom is -0.338 e. The molecule has 3 heteroatoms. The van der Waals surface area contributed by atoms with Gasteiger partial charge in [0, 0.05) is 18.7 Å². The van der Waals surface area contributed by atoms with Crippen LogP contribution in [0.3, 0.4) is 0 Å². The number of aryl methyl sites for hydroxylation is 2. The summed E-state index contributed by atoms with van der Waals surface area (Å²) in [6, 6.07) is 7.99. The molecule has 0 saturated heterocycles. The van der Waals surface area contributed by atoms with Crippen molar-refractivity contribution in [2.24, 2.45) is 5.92 Å². The molecular weight excluding hydrogens is 224 g/mol. The van der Waals surface area contributed by atoms with Gasteiger partial charge < -0.3 is 4.90 Å². The maximum atomic E-state index is 12.4. The molecule has 18 heavy (non-hydrogen) atoms. The number of rotatable bonds is 4. The summed E-state index contributed by atoms with van der Waals surface area (Å²) >= 11 is 0. The van der Waals surface area contributed by atoms with E-state index < -0.39 is 0 Å². The van der Waals surface area contributed by atoms with Gasteiger partial charge in [0.05, 0.1) is 12.0 Å². The van der Waals surface area contributed by atoms with E-state index in [1.165, 1.54) is 0 Å². The Morgan fingerprint density at radius 3 is 2.61 bits per heavy atom. The Labute approximate surface area is 109 Å². The van der Waals surface area contributed by atoms with Gasteiger partial charge in [0.2, 0.25) is 0 Å². The zero-order valence-corrected chi connectivity index (χ0v) is 11.5. The van der Waals surface area contributed by atoms with Gasteiger partial charge in [-0.25, -0.2) is 0 Å². The van der Waals surface area contributed by atoms with E-state index in [1.807, 2.05) is 45.9 Å². The van der Waals surface area contributed by atoms with Gasteiger partial charge in [0.25, 0.3) is 5.91 Å². The van der Waals surface area contributed by atoms with Crippen LogP contribution in [0.25, 0.3) is 0 Å². The van der Waals surface area contributed by atoms with Crippen molar-refractivity contribution >= 4 is 5.91 Å². The van der Waals surface area contributed by atoms with Crippen LogP contribution >= 0.6 is 0 Å². The average molecular weight is 244 g/mol. The molecule has 96 valence electrons. The summed E-state index contributed by atoms with van der Waals surface area (Å²) in [6.45, 7) is 8.83. The minimum absolute atomic E-state index is 0.0112. The summed E-state index contributed by atoms with van der Waals surface area (Å²) in [7, 11) is 0. The summed E-state index contributed by atoms with van der Waals surface area (Å²) in [5.41, 5.74) is 2.87. The Balaban J connectivity index is 2.94. The third-order valence-corrected chi connectivity index (χ3v) is 3.00. The first-order valence-corrected chi connectivity index (χ1v) is 6.25. The number of nitrogens with zero attached hydrogens (tertiary/aromatic N) is 2. The van der Waals surface area contributed by atoms with Crippen LogP contribution in [0.1, 0.15) is 35.3 Å². The number of hydrogen-bond donors (Lipinski definition) is 0. The first-order valence-electron chi connectivity index (χ1n) is 6.25. The normalized spacial score (nSPS) is 11.7. The fraction of sp³-hybridized carbons (Fsp3) is 0.467. The van der Waals surface area contributed by atoms with E-state index in [1.54, 1.807) is 4.90 Å². The van der Waals surface area contributed by atoms with Crippen LogP contribution in [0.5, 0.6) is 0 Å². The lowest BCUT2D eigenvalue weighted by Gasteiger charge is -2.23. The third kappa shape index (κ3) is 3.33. The van der Waals surface area contributed by atoms with Crippen molar-refractivity contribution in [2.75, 3.05) is 13.1 Å². The largest absolute Gasteiger partial charge is 0.338 e. The van der Waals surface area contributed by atoms with Crippen molar-refractivity contribution < 1.29 is 4.79 Å². The minimum atomic E-state index is -0.139. The third-order valence-electron chi connectivity index (χ3n) is 3.00. The van der Waals surface area contributed by atoms with Gasteiger partial charge in [-0.15, -0.1) is 0 Å². The molecule has 0 aliphatic rings. The van der Waals surface area contributed by atoms with Gasteiger partial charge in [-0.2, -0.15) is 5.26 Å². The van der Waals surface area contributed by atoms with Crippen molar-refractivity contribution in [3.8, 4) is 6.07 Å². The second-order valence-corrected chi connectivity index (χ2v) is 4.69. The maximum absolute atomic E-state index is 12.4. The Bertz CT molecular complexity index is 474. The number of carbonyl (C=O) groups excluding carboxylic acids is 1. The first kappa shape index (κ1) is 14.2. The summed E-state index contributed by atoms with van der Waals surface area (Å²) in [4.78, 5) is 14.1. The molecule has 1 unspecified atom stereocenters. The molecule has 0 aromatic heterocycles. The highest BCUT2D eigenvalue weighted by Crippen LogP contribution is 2.14. The summed E-state index contributed by atoms with van der Waals surface area (Å²) < 4.78 is 0. The molecule has 0 fully saturated rings. The van der Waals surface area contributed by atoms with Crippen molar-refractivity contribution in [2.45, 2.75) is 27.7 Å². The van der Waals surface area contributed by atoms with E-state index in [4.69, 9.17) is 5.26 Å². The van der Waals surface area contributed by atoms with E-state index >= 15 is 0 Å². The van der Waals surface area contributed by atoms with Crippen LogP contribution in [0, 0.1) is 31.1 Å². The van der Waals surface area contributed by atoms with Crippen LogP contribution in [0.2, 0.25) is 0 Å². The predicted molar refractivity (Wildman–Crippen MR) is 72.3 cm³/mol. The Morgan fingerprint density at radius 2 is 2.11 bits per heavy atom. The molecule has 1 rings (SSSR count). The van der Waals surface area contributed by atoms with Crippen LogP contribution in [-0.2, 0) is 0 Å².